The average Bonchev–Trinajstić information content (AvgIpc) is 2.89. The highest BCUT2D eigenvalue weighted by Crippen LogP contribution is 2.29. The number of carbonyl (C=O) groups is 2. The van der Waals surface area contributed by atoms with E-state index in [9.17, 15) is 18.0 Å². The Bertz CT molecular complexity index is 1320. The molecule has 0 bridgehead atoms. The van der Waals surface area contributed by atoms with Crippen LogP contribution in [0.2, 0.25) is 0 Å². The zero-order valence-electron chi connectivity index (χ0n) is 21.8. The lowest BCUT2D eigenvalue weighted by molar-refractivity contribution is -0.140. The lowest BCUT2D eigenvalue weighted by atomic mass is 10.1. The lowest BCUT2D eigenvalue weighted by Crippen LogP contribution is -2.52. The van der Waals surface area contributed by atoms with Crippen LogP contribution in [0.25, 0.3) is 10.8 Å². The average molecular weight is 526 g/mol. The van der Waals surface area contributed by atoms with Gasteiger partial charge in [-0.05, 0) is 42.0 Å². The zero-order chi connectivity index (χ0) is 27.0. The number of anilines is 1. The topological polar surface area (TPSA) is 96.0 Å². The van der Waals surface area contributed by atoms with Crippen molar-refractivity contribution < 1.29 is 22.7 Å². The Balaban J connectivity index is 2.00. The van der Waals surface area contributed by atoms with Gasteiger partial charge in [0.1, 0.15) is 18.3 Å². The number of hydrogen-bond acceptors (Lipinski definition) is 5. The quantitative estimate of drug-likeness (QED) is 0.386. The molecule has 1 atom stereocenters. The van der Waals surface area contributed by atoms with E-state index < -0.39 is 28.5 Å². The number of nitrogens with zero attached hydrogens (tertiary/aromatic N) is 2. The van der Waals surface area contributed by atoms with Crippen LogP contribution in [0.4, 0.5) is 5.69 Å². The van der Waals surface area contributed by atoms with Gasteiger partial charge in [-0.3, -0.25) is 13.9 Å². The largest absolute Gasteiger partial charge is 0.497 e. The van der Waals surface area contributed by atoms with Crippen LogP contribution in [0.5, 0.6) is 5.75 Å². The lowest BCUT2D eigenvalue weighted by Gasteiger charge is -2.33. The fourth-order valence-corrected chi connectivity index (χ4v) is 5.10. The number of carbonyl (C=O) groups excluding carboxylic acids is 2. The van der Waals surface area contributed by atoms with Gasteiger partial charge in [0.2, 0.25) is 21.8 Å². The van der Waals surface area contributed by atoms with E-state index in [-0.39, 0.29) is 12.5 Å². The number of amides is 2. The van der Waals surface area contributed by atoms with Crippen molar-refractivity contribution in [2.45, 2.75) is 39.3 Å². The molecule has 198 valence electrons. The van der Waals surface area contributed by atoms with E-state index in [1.165, 1.54) is 4.90 Å². The van der Waals surface area contributed by atoms with Crippen molar-refractivity contribution >= 4 is 38.3 Å². The summed E-state index contributed by atoms with van der Waals surface area (Å²) in [6.07, 6.45) is 2.23. The first-order valence-corrected chi connectivity index (χ1v) is 14.2. The van der Waals surface area contributed by atoms with Crippen molar-refractivity contribution in [3.8, 4) is 5.75 Å². The minimum atomic E-state index is -3.82. The summed E-state index contributed by atoms with van der Waals surface area (Å²) in [5, 5.41) is 4.46. The minimum Gasteiger partial charge on any atom is -0.497 e. The molecule has 0 saturated carbocycles. The van der Waals surface area contributed by atoms with Crippen LogP contribution in [0.15, 0.2) is 66.7 Å². The molecule has 0 radical (unpaired) electrons. The predicted molar refractivity (Wildman–Crippen MR) is 147 cm³/mol. The number of rotatable bonds is 12. The van der Waals surface area contributed by atoms with Crippen molar-refractivity contribution in [2.75, 3.05) is 30.8 Å². The van der Waals surface area contributed by atoms with Crippen LogP contribution in [0.3, 0.4) is 0 Å². The molecule has 9 heteroatoms. The first-order valence-electron chi connectivity index (χ1n) is 12.3. The molecule has 8 nitrogen and oxygen atoms in total. The summed E-state index contributed by atoms with van der Waals surface area (Å²) in [4.78, 5) is 28.3. The van der Waals surface area contributed by atoms with Gasteiger partial charge in [-0.1, -0.05) is 62.4 Å². The minimum absolute atomic E-state index is 0.147. The maximum Gasteiger partial charge on any atom is 0.244 e. The third kappa shape index (κ3) is 7.01. The molecule has 0 aromatic heterocycles. The molecular weight excluding hydrogens is 490 g/mol. The number of sulfonamides is 1. The van der Waals surface area contributed by atoms with Crippen LogP contribution in [0.1, 0.15) is 32.3 Å². The number of ether oxygens (including phenoxy) is 1. The first-order chi connectivity index (χ1) is 17.7. The van der Waals surface area contributed by atoms with E-state index in [0.717, 1.165) is 33.3 Å². The van der Waals surface area contributed by atoms with Crippen molar-refractivity contribution in [1.82, 2.24) is 10.2 Å². The second kappa shape index (κ2) is 12.6. The second-order valence-corrected chi connectivity index (χ2v) is 10.8. The molecule has 0 aliphatic heterocycles. The van der Waals surface area contributed by atoms with Gasteiger partial charge in [-0.15, -0.1) is 0 Å². The molecule has 0 unspecified atom stereocenters. The molecule has 0 saturated heterocycles. The fourth-order valence-electron chi connectivity index (χ4n) is 4.23. The van der Waals surface area contributed by atoms with E-state index in [4.69, 9.17) is 4.74 Å². The summed E-state index contributed by atoms with van der Waals surface area (Å²) in [5.41, 5.74) is 1.22. The molecular formula is C28H35N3O5S. The van der Waals surface area contributed by atoms with E-state index in [0.29, 0.717) is 24.4 Å². The van der Waals surface area contributed by atoms with Crippen molar-refractivity contribution in [3.63, 3.8) is 0 Å². The molecule has 0 spiro atoms. The molecule has 0 aliphatic rings. The molecule has 0 fully saturated rings. The molecule has 3 aromatic carbocycles. The highest BCUT2D eigenvalue weighted by molar-refractivity contribution is 7.92. The summed E-state index contributed by atoms with van der Waals surface area (Å²) < 4.78 is 32.2. The zero-order valence-corrected chi connectivity index (χ0v) is 22.6. The third-order valence-electron chi connectivity index (χ3n) is 6.16. The summed E-state index contributed by atoms with van der Waals surface area (Å²) in [6.45, 7) is 4.00. The van der Waals surface area contributed by atoms with E-state index in [2.05, 4.69) is 5.32 Å². The van der Waals surface area contributed by atoms with Crippen LogP contribution in [-0.2, 0) is 26.2 Å². The van der Waals surface area contributed by atoms with E-state index in [1.807, 2.05) is 56.3 Å². The maximum absolute atomic E-state index is 13.8. The number of fused-ring (bicyclic) bond motifs is 1. The van der Waals surface area contributed by atoms with Gasteiger partial charge < -0.3 is 15.0 Å². The Morgan fingerprint density at radius 1 is 0.973 bits per heavy atom. The van der Waals surface area contributed by atoms with Crippen LogP contribution < -0.4 is 14.4 Å². The summed E-state index contributed by atoms with van der Waals surface area (Å²) in [5.74, 6) is -0.0523. The Labute approximate surface area is 219 Å². The summed E-state index contributed by atoms with van der Waals surface area (Å²) in [7, 11) is -2.25. The molecule has 3 aromatic rings. The Morgan fingerprint density at radius 3 is 2.27 bits per heavy atom. The van der Waals surface area contributed by atoms with Crippen LogP contribution in [-0.4, -0.2) is 57.6 Å². The van der Waals surface area contributed by atoms with Gasteiger partial charge in [0.25, 0.3) is 0 Å². The number of nitrogens with one attached hydrogen (secondary N) is 1. The fraction of sp³-hybridized carbons (Fsp3) is 0.357. The van der Waals surface area contributed by atoms with E-state index in [1.54, 1.807) is 31.4 Å². The highest BCUT2D eigenvalue weighted by atomic mass is 32.2. The summed E-state index contributed by atoms with van der Waals surface area (Å²) in [6, 6.07) is 19.2. The number of benzene rings is 3. The Hall–Kier alpha value is -3.59. The maximum atomic E-state index is 13.8. The van der Waals surface area contributed by atoms with Gasteiger partial charge in [0.05, 0.1) is 19.1 Å². The molecule has 0 heterocycles. The highest BCUT2D eigenvalue weighted by Gasteiger charge is 2.32. The monoisotopic (exact) mass is 525 g/mol. The Kier molecular flexibility index (Phi) is 9.52. The number of hydrogen-bond donors (Lipinski definition) is 1. The molecule has 1 N–H and O–H groups in total. The molecule has 3 rings (SSSR count). The first kappa shape index (κ1) is 28.0. The summed E-state index contributed by atoms with van der Waals surface area (Å²) >= 11 is 0. The normalized spacial score (nSPS) is 12.1. The third-order valence-corrected chi connectivity index (χ3v) is 7.29. The van der Waals surface area contributed by atoms with Crippen LogP contribution >= 0.6 is 0 Å². The van der Waals surface area contributed by atoms with Crippen molar-refractivity contribution in [1.29, 1.82) is 0 Å². The van der Waals surface area contributed by atoms with Crippen molar-refractivity contribution in [3.05, 3.63) is 72.3 Å². The van der Waals surface area contributed by atoms with Gasteiger partial charge in [0.15, 0.2) is 0 Å². The van der Waals surface area contributed by atoms with Gasteiger partial charge in [-0.2, -0.15) is 0 Å². The molecule has 2 amide bonds. The molecule has 0 aliphatic carbocycles. The van der Waals surface area contributed by atoms with Gasteiger partial charge in [0, 0.05) is 18.5 Å². The van der Waals surface area contributed by atoms with Gasteiger partial charge in [-0.25, -0.2) is 8.42 Å². The van der Waals surface area contributed by atoms with Crippen molar-refractivity contribution in [2.24, 2.45) is 0 Å². The smallest absolute Gasteiger partial charge is 0.244 e. The Morgan fingerprint density at radius 2 is 1.65 bits per heavy atom. The van der Waals surface area contributed by atoms with E-state index >= 15 is 0 Å². The van der Waals surface area contributed by atoms with Crippen LogP contribution in [0, 0.1) is 0 Å². The standard InChI is InChI=1S/C28H35N3O5S/c1-5-18-29-28(33)25(6-2)30(19-21-14-16-23(36-3)17-15-21)27(32)20-31(37(4,34)35)26-13-9-11-22-10-7-8-12-24(22)26/h7-17,25H,5-6,18-20H2,1-4H3,(H,29,33)/t25-/m1/s1. The number of methoxy groups -OCH3 is 1. The molecule has 37 heavy (non-hydrogen) atoms. The second-order valence-electron chi connectivity index (χ2n) is 8.85. The predicted octanol–water partition coefficient (Wildman–Crippen LogP) is 3.95. The SMILES string of the molecule is CCCNC(=O)[C@@H](CC)N(Cc1ccc(OC)cc1)C(=O)CN(c1cccc2ccccc12)S(C)(=O)=O. The van der Waals surface area contributed by atoms with Gasteiger partial charge >= 0.3 is 0 Å².